The van der Waals surface area contributed by atoms with Crippen molar-refractivity contribution in [2.24, 2.45) is 5.73 Å². The molecule has 3 aromatic heterocycles. The summed E-state index contributed by atoms with van der Waals surface area (Å²) in [4.78, 5) is 18.8. The molecule has 1 amide bonds. The Bertz CT molecular complexity index is 1690. The molecule has 0 fully saturated rings. The number of rotatable bonds is 6. The van der Waals surface area contributed by atoms with Gasteiger partial charge in [-0.05, 0) is 42.5 Å². The number of likely N-dealkylation sites (N-methyl/N-ethyl adjacent to an activating group) is 1. The fraction of sp³-hybridized carbons (Fsp3) is 0.167. The summed E-state index contributed by atoms with van der Waals surface area (Å²) in [6, 6.07) is 13.4. The number of nitrogens with two attached hydrogens (primary N) is 1. The molecule has 0 spiro atoms. The third-order valence-electron chi connectivity index (χ3n) is 5.60. The van der Waals surface area contributed by atoms with Gasteiger partial charge in [0.05, 0.1) is 34.4 Å². The molecule has 0 saturated heterocycles. The minimum Gasteiger partial charge on any atom is -0.453 e. The van der Waals surface area contributed by atoms with Gasteiger partial charge in [0.15, 0.2) is 16.9 Å². The van der Waals surface area contributed by atoms with Crippen molar-refractivity contribution in [3.05, 3.63) is 70.0 Å². The van der Waals surface area contributed by atoms with Crippen molar-refractivity contribution < 1.29 is 9.53 Å². The second kappa shape index (κ2) is 10.0. The van der Waals surface area contributed by atoms with E-state index < -0.39 is 0 Å². The van der Waals surface area contributed by atoms with Crippen molar-refractivity contribution in [2.45, 2.75) is 6.54 Å². The minimum absolute atomic E-state index is 0.205. The predicted octanol–water partition coefficient (Wildman–Crippen LogP) is 4.05. The summed E-state index contributed by atoms with van der Waals surface area (Å²) in [5.74, 6) is 0.608. The molecule has 11 nitrogen and oxygen atoms in total. The number of hydrogen-bond acceptors (Lipinski definition) is 8. The van der Waals surface area contributed by atoms with E-state index in [1.807, 2.05) is 12.1 Å². The van der Waals surface area contributed by atoms with E-state index in [4.69, 9.17) is 33.7 Å². The monoisotopic (exact) mass is 535 g/mol. The molecule has 5 rings (SSSR count). The molecule has 0 atom stereocenters. The van der Waals surface area contributed by atoms with Crippen LogP contribution in [0.2, 0.25) is 10.0 Å². The number of benzene rings is 2. The smallest absolute Gasteiger partial charge is 0.346 e. The maximum atomic E-state index is 12.9. The van der Waals surface area contributed by atoms with Crippen LogP contribution in [-0.4, -0.2) is 60.8 Å². The maximum absolute atomic E-state index is 12.9. The molecule has 2 N–H and O–H groups in total. The summed E-state index contributed by atoms with van der Waals surface area (Å²) < 4.78 is 8.88. The van der Waals surface area contributed by atoms with Crippen molar-refractivity contribution in [1.29, 1.82) is 5.26 Å². The van der Waals surface area contributed by atoms with Gasteiger partial charge in [-0.2, -0.15) is 15.0 Å². The summed E-state index contributed by atoms with van der Waals surface area (Å²) in [7, 11) is 1.65. The lowest BCUT2D eigenvalue weighted by atomic mass is 10.2. The van der Waals surface area contributed by atoms with E-state index >= 15 is 0 Å². The quantitative estimate of drug-likeness (QED) is 0.343. The van der Waals surface area contributed by atoms with Crippen molar-refractivity contribution in [2.75, 3.05) is 20.1 Å². The molecule has 0 radical (unpaired) electrons. The van der Waals surface area contributed by atoms with Gasteiger partial charge < -0.3 is 15.4 Å². The number of halogens is 2. The Morgan fingerprint density at radius 3 is 2.86 bits per heavy atom. The van der Waals surface area contributed by atoms with E-state index in [9.17, 15) is 10.1 Å². The van der Waals surface area contributed by atoms with Crippen molar-refractivity contribution in [3.63, 3.8) is 0 Å². The van der Waals surface area contributed by atoms with E-state index in [0.29, 0.717) is 62.2 Å². The molecule has 0 unspecified atom stereocenters. The molecule has 0 bridgehead atoms. The first-order valence-corrected chi connectivity index (χ1v) is 11.8. The van der Waals surface area contributed by atoms with Gasteiger partial charge in [0, 0.05) is 36.7 Å². The Morgan fingerprint density at radius 2 is 2.08 bits per heavy atom. The zero-order valence-electron chi connectivity index (χ0n) is 19.5. The van der Waals surface area contributed by atoms with Gasteiger partial charge in [-0.1, -0.05) is 28.4 Å². The van der Waals surface area contributed by atoms with Crippen LogP contribution in [0.25, 0.3) is 22.1 Å². The molecule has 186 valence electrons. The highest BCUT2D eigenvalue weighted by Crippen LogP contribution is 2.37. The summed E-state index contributed by atoms with van der Waals surface area (Å²) in [5, 5.41) is 23.7. The van der Waals surface area contributed by atoms with Crippen molar-refractivity contribution in [1.82, 2.24) is 34.7 Å². The molecule has 3 heterocycles. The van der Waals surface area contributed by atoms with Crippen LogP contribution in [0.4, 0.5) is 4.79 Å². The van der Waals surface area contributed by atoms with Gasteiger partial charge in [-0.3, -0.25) is 0 Å². The number of pyridine rings is 1. The van der Waals surface area contributed by atoms with E-state index in [2.05, 4.69) is 20.4 Å². The third kappa shape index (κ3) is 4.65. The third-order valence-corrected chi connectivity index (χ3v) is 6.12. The van der Waals surface area contributed by atoms with E-state index in [-0.39, 0.29) is 18.3 Å². The molecular formula is C24H19Cl2N9O2. The van der Waals surface area contributed by atoms with Gasteiger partial charge in [-0.15, -0.1) is 5.10 Å². The minimum atomic E-state index is -0.343. The van der Waals surface area contributed by atoms with E-state index in [1.54, 1.807) is 48.3 Å². The lowest BCUT2D eigenvalue weighted by molar-refractivity contribution is 0.209. The van der Waals surface area contributed by atoms with Crippen LogP contribution in [0.5, 0.6) is 11.5 Å². The number of hydrogen-bond donors (Lipinski definition) is 1. The van der Waals surface area contributed by atoms with E-state index in [0.717, 1.165) is 0 Å². The Balaban J connectivity index is 1.53. The van der Waals surface area contributed by atoms with Gasteiger partial charge in [-0.25, -0.2) is 14.5 Å². The first kappa shape index (κ1) is 24.5. The standard InChI is InChI=1S/C24H19Cl2N9O2/c1-33(8-6-27)24(36)35-23-17(3-2-7-29-23)19(31-35)13-34-20-5-4-18(26)22(21(20)30-32-34)37-16-10-14(12-28)9-15(25)11-16/h2-5,7,9-11H,6,8,13,27H2,1H3. The molecule has 0 aliphatic rings. The molecular weight excluding hydrogens is 517 g/mol. The van der Waals surface area contributed by atoms with E-state index in [1.165, 1.54) is 15.6 Å². The number of carbonyl (C=O) groups is 1. The van der Waals surface area contributed by atoms with Gasteiger partial charge in [0.2, 0.25) is 0 Å². The number of nitrogens with zero attached hydrogens (tertiary/aromatic N) is 8. The number of carbonyl (C=O) groups excluding carboxylic acids is 1. The van der Waals surface area contributed by atoms with Crippen LogP contribution < -0.4 is 10.5 Å². The second-order valence-electron chi connectivity index (χ2n) is 8.11. The zero-order chi connectivity index (χ0) is 26.1. The normalized spacial score (nSPS) is 11.1. The summed E-state index contributed by atoms with van der Waals surface area (Å²) in [6.07, 6.45) is 1.60. The summed E-state index contributed by atoms with van der Waals surface area (Å²) >= 11 is 12.5. The first-order valence-electron chi connectivity index (χ1n) is 11.1. The summed E-state index contributed by atoms with van der Waals surface area (Å²) in [6.45, 7) is 0.908. The fourth-order valence-corrected chi connectivity index (χ4v) is 4.28. The molecule has 5 aromatic rings. The van der Waals surface area contributed by atoms with Crippen LogP contribution in [0.3, 0.4) is 0 Å². The fourth-order valence-electron chi connectivity index (χ4n) is 3.86. The predicted molar refractivity (Wildman–Crippen MR) is 138 cm³/mol. The highest BCUT2D eigenvalue weighted by Gasteiger charge is 2.21. The first-order chi connectivity index (χ1) is 17.9. The highest BCUT2D eigenvalue weighted by atomic mass is 35.5. The average Bonchev–Trinajstić information content (AvgIpc) is 3.47. The van der Waals surface area contributed by atoms with Gasteiger partial charge >= 0.3 is 6.03 Å². The number of amides is 1. The number of aromatic nitrogens is 6. The average molecular weight is 536 g/mol. The van der Waals surface area contributed by atoms with Crippen LogP contribution >= 0.6 is 23.2 Å². The molecule has 0 aliphatic heterocycles. The van der Waals surface area contributed by atoms with Crippen LogP contribution in [0, 0.1) is 11.3 Å². The topological polar surface area (TPSA) is 141 Å². The lowest BCUT2D eigenvalue weighted by Crippen LogP contribution is -2.35. The Hall–Kier alpha value is -4.24. The van der Waals surface area contributed by atoms with Gasteiger partial charge in [0.25, 0.3) is 0 Å². The summed E-state index contributed by atoms with van der Waals surface area (Å²) in [5.41, 5.74) is 7.99. The maximum Gasteiger partial charge on any atom is 0.346 e. The van der Waals surface area contributed by atoms with Crippen LogP contribution in [0.15, 0.2) is 48.7 Å². The number of ether oxygens (including phenoxy) is 1. The molecule has 0 saturated carbocycles. The van der Waals surface area contributed by atoms with Crippen molar-refractivity contribution >= 4 is 51.3 Å². The Kier molecular flexibility index (Phi) is 6.62. The molecule has 13 heteroatoms. The number of fused-ring (bicyclic) bond motifs is 2. The molecule has 0 aliphatic carbocycles. The van der Waals surface area contributed by atoms with Crippen LogP contribution in [0.1, 0.15) is 11.3 Å². The highest BCUT2D eigenvalue weighted by molar-refractivity contribution is 6.33. The molecule has 2 aromatic carbocycles. The number of nitriles is 1. The van der Waals surface area contributed by atoms with Crippen LogP contribution in [-0.2, 0) is 6.54 Å². The Morgan fingerprint density at radius 1 is 1.24 bits per heavy atom. The largest absolute Gasteiger partial charge is 0.453 e. The SMILES string of the molecule is CN(CCN)C(=O)n1nc(Cn2nnc3c(Oc4cc(Cl)cc(C#N)c4)c(Cl)ccc32)c2cccnc21. The van der Waals surface area contributed by atoms with Gasteiger partial charge in [0.1, 0.15) is 5.75 Å². The zero-order valence-corrected chi connectivity index (χ0v) is 21.0. The second-order valence-corrected chi connectivity index (χ2v) is 8.95. The molecule has 37 heavy (non-hydrogen) atoms. The van der Waals surface area contributed by atoms with Crippen molar-refractivity contribution in [3.8, 4) is 17.6 Å². The lowest BCUT2D eigenvalue weighted by Gasteiger charge is -2.15. The Labute approximate surface area is 220 Å².